The summed E-state index contributed by atoms with van der Waals surface area (Å²) in [5.74, 6) is -0.283. The number of carbonyl (C=O) groups excluding carboxylic acids is 1. The van der Waals surface area contributed by atoms with Gasteiger partial charge in [-0.25, -0.2) is 0 Å². The number of nitrogens with one attached hydrogen (secondary N) is 2. The molecule has 1 aromatic carbocycles. The lowest BCUT2D eigenvalue weighted by Gasteiger charge is -2.22. The molecule has 2 N–H and O–H groups in total. The summed E-state index contributed by atoms with van der Waals surface area (Å²) in [6.07, 6.45) is 7.82. The Labute approximate surface area is 142 Å². The van der Waals surface area contributed by atoms with Gasteiger partial charge in [-0.3, -0.25) is 4.79 Å². The monoisotopic (exact) mass is 331 g/mol. The fraction of sp³-hybridized carbons (Fsp3) is 0.444. The van der Waals surface area contributed by atoms with Gasteiger partial charge in [0.05, 0.1) is 0 Å². The van der Waals surface area contributed by atoms with Crippen LogP contribution in [0.5, 0.6) is 0 Å². The van der Waals surface area contributed by atoms with E-state index >= 15 is 0 Å². The maximum absolute atomic E-state index is 12.1. The van der Waals surface area contributed by atoms with Gasteiger partial charge in [-0.2, -0.15) is 5.26 Å². The van der Waals surface area contributed by atoms with Crippen molar-refractivity contribution >= 4 is 17.5 Å². The molecular weight excluding hydrogens is 310 g/mol. The van der Waals surface area contributed by atoms with Crippen molar-refractivity contribution in [3.8, 4) is 6.07 Å². The highest BCUT2D eigenvalue weighted by Gasteiger charge is 2.17. The molecular formula is C18H22ClN3O. The van der Waals surface area contributed by atoms with Crippen LogP contribution in [0.1, 0.15) is 37.7 Å². The van der Waals surface area contributed by atoms with E-state index in [4.69, 9.17) is 16.9 Å². The first-order valence-electron chi connectivity index (χ1n) is 8.08. The molecule has 122 valence electrons. The minimum Gasteiger partial charge on any atom is -0.389 e. The molecule has 0 spiro atoms. The fourth-order valence-corrected chi connectivity index (χ4v) is 2.95. The number of amides is 1. The second-order valence-corrected chi connectivity index (χ2v) is 6.25. The van der Waals surface area contributed by atoms with Gasteiger partial charge in [0.1, 0.15) is 11.6 Å². The van der Waals surface area contributed by atoms with Gasteiger partial charge in [0.2, 0.25) is 0 Å². The third-order valence-corrected chi connectivity index (χ3v) is 4.23. The zero-order valence-corrected chi connectivity index (χ0v) is 13.9. The average molecular weight is 332 g/mol. The highest BCUT2D eigenvalue weighted by Crippen LogP contribution is 2.17. The van der Waals surface area contributed by atoms with Crippen molar-refractivity contribution in [2.45, 2.75) is 44.6 Å². The van der Waals surface area contributed by atoms with Crippen LogP contribution < -0.4 is 10.6 Å². The molecule has 1 aliphatic carbocycles. The molecule has 5 heteroatoms. The zero-order valence-electron chi connectivity index (χ0n) is 13.1. The van der Waals surface area contributed by atoms with Crippen LogP contribution in [-0.2, 0) is 11.2 Å². The number of benzene rings is 1. The Bertz CT molecular complexity index is 601. The minimum atomic E-state index is -0.283. The third kappa shape index (κ3) is 5.96. The summed E-state index contributed by atoms with van der Waals surface area (Å²) in [6, 6.07) is 9.83. The fourth-order valence-electron chi connectivity index (χ4n) is 2.74. The Kier molecular flexibility index (Phi) is 6.96. The van der Waals surface area contributed by atoms with E-state index in [1.54, 1.807) is 0 Å². The summed E-state index contributed by atoms with van der Waals surface area (Å²) in [5.41, 5.74) is 1.24. The van der Waals surface area contributed by atoms with Crippen LogP contribution in [-0.4, -0.2) is 18.5 Å². The van der Waals surface area contributed by atoms with Gasteiger partial charge in [0.25, 0.3) is 5.91 Å². The van der Waals surface area contributed by atoms with Crippen molar-refractivity contribution in [1.29, 1.82) is 5.26 Å². The molecule has 0 saturated heterocycles. The van der Waals surface area contributed by atoms with Crippen LogP contribution in [0.2, 0.25) is 5.02 Å². The van der Waals surface area contributed by atoms with Crippen LogP contribution in [0, 0.1) is 11.3 Å². The van der Waals surface area contributed by atoms with E-state index in [9.17, 15) is 4.79 Å². The molecule has 2 rings (SSSR count). The number of nitriles is 1. The molecule has 0 atom stereocenters. The second-order valence-electron chi connectivity index (χ2n) is 5.81. The minimum absolute atomic E-state index is 0.127. The van der Waals surface area contributed by atoms with Gasteiger partial charge in [-0.1, -0.05) is 43.0 Å². The Morgan fingerprint density at radius 3 is 2.83 bits per heavy atom. The number of hydrogen-bond acceptors (Lipinski definition) is 3. The van der Waals surface area contributed by atoms with Crippen LogP contribution in [0.15, 0.2) is 36.0 Å². The molecule has 0 heterocycles. The quantitative estimate of drug-likeness (QED) is 0.477. The van der Waals surface area contributed by atoms with E-state index in [1.165, 1.54) is 12.6 Å². The predicted molar refractivity (Wildman–Crippen MR) is 91.9 cm³/mol. The first kappa shape index (κ1) is 17.4. The summed E-state index contributed by atoms with van der Waals surface area (Å²) in [7, 11) is 0. The SMILES string of the molecule is N#C/C(=C/NCCc1cccc(Cl)c1)C(=O)NC1CCCCC1. The smallest absolute Gasteiger partial charge is 0.263 e. The Morgan fingerprint density at radius 2 is 2.13 bits per heavy atom. The lowest BCUT2D eigenvalue weighted by molar-refractivity contribution is -0.118. The third-order valence-electron chi connectivity index (χ3n) is 4.00. The maximum atomic E-state index is 12.1. The number of halogens is 1. The van der Waals surface area contributed by atoms with Gasteiger partial charge in [-0.05, 0) is 37.0 Å². The molecule has 0 radical (unpaired) electrons. The molecule has 4 nitrogen and oxygen atoms in total. The first-order valence-corrected chi connectivity index (χ1v) is 8.46. The van der Waals surface area contributed by atoms with Gasteiger partial charge < -0.3 is 10.6 Å². The topological polar surface area (TPSA) is 64.9 Å². The Morgan fingerprint density at radius 1 is 1.35 bits per heavy atom. The van der Waals surface area contributed by atoms with Crippen LogP contribution in [0.4, 0.5) is 0 Å². The second kappa shape index (κ2) is 9.22. The lowest BCUT2D eigenvalue weighted by atomic mass is 9.95. The molecule has 0 aromatic heterocycles. The normalized spacial score (nSPS) is 15.7. The first-order chi connectivity index (χ1) is 11.2. The standard InChI is InChI=1S/C18H22ClN3O/c19-16-6-4-5-14(11-16)9-10-21-13-15(12-20)18(23)22-17-7-2-1-3-8-17/h4-6,11,13,17,21H,1-3,7-10H2,(H,22,23)/b15-13-. The van der Waals surface area contributed by atoms with E-state index in [1.807, 2.05) is 30.3 Å². The zero-order chi connectivity index (χ0) is 16.5. The summed E-state index contributed by atoms with van der Waals surface area (Å²) in [6.45, 7) is 0.641. The van der Waals surface area contributed by atoms with Crippen molar-refractivity contribution in [3.63, 3.8) is 0 Å². The summed E-state index contributed by atoms with van der Waals surface area (Å²) < 4.78 is 0. The number of nitrogens with zero attached hydrogens (tertiary/aromatic N) is 1. The Balaban J connectivity index is 1.79. The molecule has 1 saturated carbocycles. The van der Waals surface area contributed by atoms with E-state index in [-0.39, 0.29) is 17.5 Å². The molecule has 23 heavy (non-hydrogen) atoms. The van der Waals surface area contributed by atoms with Crippen LogP contribution in [0.25, 0.3) is 0 Å². The molecule has 0 unspecified atom stereocenters. The van der Waals surface area contributed by atoms with E-state index in [2.05, 4.69) is 10.6 Å². The molecule has 1 fully saturated rings. The van der Waals surface area contributed by atoms with Gasteiger partial charge in [-0.15, -0.1) is 0 Å². The molecule has 1 amide bonds. The lowest BCUT2D eigenvalue weighted by Crippen LogP contribution is -2.37. The van der Waals surface area contributed by atoms with E-state index < -0.39 is 0 Å². The summed E-state index contributed by atoms with van der Waals surface area (Å²) in [4.78, 5) is 12.1. The maximum Gasteiger partial charge on any atom is 0.263 e. The molecule has 0 aliphatic heterocycles. The molecule has 1 aromatic rings. The number of carbonyl (C=O) groups is 1. The summed E-state index contributed by atoms with van der Waals surface area (Å²) >= 11 is 5.94. The highest BCUT2D eigenvalue weighted by atomic mass is 35.5. The van der Waals surface area contributed by atoms with Crippen molar-refractivity contribution in [2.24, 2.45) is 0 Å². The number of hydrogen-bond donors (Lipinski definition) is 2. The van der Waals surface area contributed by atoms with Gasteiger partial charge in [0.15, 0.2) is 0 Å². The Hall–Kier alpha value is -1.99. The highest BCUT2D eigenvalue weighted by molar-refractivity contribution is 6.30. The van der Waals surface area contributed by atoms with Gasteiger partial charge in [0, 0.05) is 23.8 Å². The van der Waals surface area contributed by atoms with Crippen molar-refractivity contribution in [3.05, 3.63) is 46.6 Å². The molecule has 0 bridgehead atoms. The van der Waals surface area contributed by atoms with Crippen molar-refractivity contribution in [2.75, 3.05) is 6.54 Å². The predicted octanol–water partition coefficient (Wildman–Crippen LogP) is 3.33. The van der Waals surface area contributed by atoms with E-state index in [0.717, 1.165) is 37.7 Å². The van der Waals surface area contributed by atoms with Crippen LogP contribution >= 0.6 is 11.6 Å². The molecule has 1 aliphatic rings. The average Bonchev–Trinajstić information content (AvgIpc) is 2.56. The largest absolute Gasteiger partial charge is 0.389 e. The van der Waals surface area contributed by atoms with Gasteiger partial charge >= 0.3 is 0 Å². The van der Waals surface area contributed by atoms with E-state index in [0.29, 0.717) is 11.6 Å². The number of rotatable bonds is 6. The van der Waals surface area contributed by atoms with Crippen LogP contribution in [0.3, 0.4) is 0 Å². The van der Waals surface area contributed by atoms with Crippen molar-refractivity contribution < 1.29 is 4.79 Å². The van der Waals surface area contributed by atoms with Crippen molar-refractivity contribution in [1.82, 2.24) is 10.6 Å². The summed E-state index contributed by atoms with van der Waals surface area (Å²) in [5, 5.41) is 15.8.